The molecule has 4 heteroatoms. The Balaban J connectivity index is 1.87. The van der Waals surface area contributed by atoms with Crippen LogP contribution in [0.3, 0.4) is 0 Å². The van der Waals surface area contributed by atoms with Crippen LogP contribution in [-0.2, 0) is 11.3 Å². The van der Waals surface area contributed by atoms with E-state index >= 15 is 0 Å². The van der Waals surface area contributed by atoms with Crippen molar-refractivity contribution in [2.75, 3.05) is 6.54 Å². The minimum atomic E-state index is -0.425. The Morgan fingerprint density at radius 2 is 2.11 bits per heavy atom. The molecule has 2 atom stereocenters. The van der Waals surface area contributed by atoms with Crippen LogP contribution in [0.5, 0.6) is 0 Å². The summed E-state index contributed by atoms with van der Waals surface area (Å²) in [5, 5.41) is 9.58. The lowest BCUT2D eigenvalue weighted by Gasteiger charge is -2.35. The Morgan fingerprint density at radius 1 is 1.39 bits per heavy atom. The highest BCUT2D eigenvalue weighted by atomic mass is 16.6. The van der Waals surface area contributed by atoms with Crippen molar-refractivity contribution >= 4 is 6.09 Å². The van der Waals surface area contributed by atoms with Gasteiger partial charge in [0.2, 0.25) is 0 Å². The fourth-order valence-electron chi connectivity index (χ4n) is 2.14. The average molecular weight is 249 g/mol. The summed E-state index contributed by atoms with van der Waals surface area (Å²) in [6.07, 6.45) is 0.807. The minimum absolute atomic E-state index is 0.136. The Labute approximate surface area is 107 Å². The summed E-state index contributed by atoms with van der Waals surface area (Å²) in [5.74, 6) is 0. The van der Waals surface area contributed by atoms with Gasteiger partial charge in [0.05, 0.1) is 12.6 Å². The number of hydrogen-bond acceptors (Lipinski definition) is 3. The molecule has 1 saturated heterocycles. The van der Waals surface area contributed by atoms with Crippen LogP contribution in [-0.4, -0.2) is 34.8 Å². The predicted octanol–water partition coefficient (Wildman–Crippen LogP) is 2.17. The molecular weight excluding hydrogens is 230 g/mol. The molecule has 1 amide bonds. The Bertz CT molecular complexity index is 393. The second-order valence-electron chi connectivity index (χ2n) is 4.77. The molecule has 0 aromatic heterocycles. The number of rotatable bonds is 2. The largest absolute Gasteiger partial charge is 0.445 e. The third-order valence-electron chi connectivity index (χ3n) is 3.30. The molecule has 0 spiro atoms. The van der Waals surface area contributed by atoms with Gasteiger partial charge in [-0.2, -0.15) is 0 Å². The molecule has 98 valence electrons. The highest BCUT2D eigenvalue weighted by molar-refractivity contribution is 5.68. The number of nitrogens with zero attached hydrogens (tertiary/aromatic N) is 1. The zero-order valence-electron chi connectivity index (χ0n) is 10.6. The molecule has 4 nitrogen and oxygen atoms in total. The van der Waals surface area contributed by atoms with E-state index in [0.29, 0.717) is 6.54 Å². The van der Waals surface area contributed by atoms with E-state index in [1.807, 2.05) is 37.3 Å². The van der Waals surface area contributed by atoms with Crippen molar-refractivity contribution in [3.63, 3.8) is 0 Å². The molecule has 1 aliphatic heterocycles. The molecule has 1 N–H and O–H groups in total. The molecule has 0 aliphatic carbocycles. The summed E-state index contributed by atoms with van der Waals surface area (Å²) >= 11 is 0. The molecule has 1 heterocycles. The molecular formula is C14H19NO3. The Morgan fingerprint density at radius 3 is 2.83 bits per heavy atom. The number of aliphatic hydroxyl groups excluding tert-OH is 1. The fourth-order valence-corrected chi connectivity index (χ4v) is 2.14. The fraction of sp³-hybridized carbons (Fsp3) is 0.500. The normalized spacial score (nSPS) is 23.8. The number of aliphatic hydroxyl groups is 1. The van der Waals surface area contributed by atoms with Gasteiger partial charge in [-0.15, -0.1) is 0 Å². The number of carbonyl (C=O) groups is 1. The van der Waals surface area contributed by atoms with E-state index in [2.05, 4.69) is 0 Å². The molecule has 1 aromatic rings. The zero-order chi connectivity index (χ0) is 13.0. The van der Waals surface area contributed by atoms with Crippen LogP contribution < -0.4 is 0 Å². The third kappa shape index (κ3) is 3.23. The summed E-state index contributed by atoms with van der Waals surface area (Å²) in [6, 6.07) is 9.72. The van der Waals surface area contributed by atoms with Crippen LogP contribution in [0.25, 0.3) is 0 Å². The Hall–Kier alpha value is -1.55. The van der Waals surface area contributed by atoms with Crippen molar-refractivity contribution < 1.29 is 14.6 Å². The lowest BCUT2D eigenvalue weighted by Crippen LogP contribution is -2.47. The van der Waals surface area contributed by atoms with E-state index in [4.69, 9.17) is 4.74 Å². The van der Waals surface area contributed by atoms with Gasteiger partial charge in [-0.25, -0.2) is 4.79 Å². The van der Waals surface area contributed by atoms with Crippen molar-refractivity contribution in [1.29, 1.82) is 0 Å². The number of benzene rings is 1. The van der Waals surface area contributed by atoms with E-state index in [1.54, 1.807) is 4.90 Å². The van der Waals surface area contributed by atoms with Crippen molar-refractivity contribution in [3.8, 4) is 0 Å². The average Bonchev–Trinajstić information content (AvgIpc) is 2.40. The van der Waals surface area contributed by atoms with E-state index in [9.17, 15) is 9.90 Å². The Kier molecular flexibility index (Phi) is 4.20. The molecule has 0 saturated carbocycles. The van der Waals surface area contributed by atoms with Gasteiger partial charge in [-0.3, -0.25) is 0 Å². The standard InChI is InChI=1S/C14H19NO3/c1-11-7-8-13(16)9-15(11)14(17)18-10-12-5-3-2-4-6-12/h2-6,11,13,16H,7-10H2,1H3/t11-,13?/m1/s1. The summed E-state index contributed by atoms with van der Waals surface area (Å²) < 4.78 is 5.26. The van der Waals surface area contributed by atoms with Crippen LogP contribution in [0, 0.1) is 0 Å². The smallest absolute Gasteiger partial charge is 0.410 e. The molecule has 0 radical (unpaired) electrons. The van der Waals surface area contributed by atoms with Gasteiger partial charge in [0, 0.05) is 6.04 Å². The predicted molar refractivity (Wildman–Crippen MR) is 68.0 cm³/mol. The first-order valence-corrected chi connectivity index (χ1v) is 6.32. The number of β-amino-alcohol motifs (C(OH)–C–C–N with tert-alkyl or cyclic N) is 1. The second kappa shape index (κ2) is 5.87. The molecule has 1 aromatic carbocycles. The summed E-state index contributed by atoms with van der Waals surface area (Å²) in [7, 11) is 0. The van der Waals surface area contributed by atoms with E-state index in [-0.39, 0.29) is 18.7 Å². The molecule has 0 bridgehead atoms. The van der Waals surface area contributed by atoms with Crippen LogP contribution >= 0.6 is 0 Å². The van der Waals surface area contributed by atoms with E-state index in [1.165, 1.54) is 0 Å². The number of amides is 1. The van der Waals surface area contributed by atoms with Crippen molar-refractivity contribution in [2.24, 2.45) is 0 Å². The van der Waals surface area contributed by atoms with Crippen LogP contribution in [0.2, 0.25) is 0 Å². The first-order chi connectivity index (χ1) is 8.66. The number of ether oxygens (including phenoxy) is 1. The number of hydrogen-bond donors (Lipinski definition) is 1. The molecule has 18 heavy (non-hydrogen) atoms. The maximum atomic E-state index is 11.9. The second-order valence-corrected chi connectivity index (χ2v) is 4.77. The summed E-state index contributed by atoms with van der Waals surface area (Å²) in [6.45, 7) is 2.63. The summed E-state index contributed by atoms with van der Waals surface area (Å²) in [5.41, 5.74) is 0.969. The monoisotopic (exact) mass is 249 g/mol. The van der Waals surface area contributed by atoms with Crippen LogP contribution in [0.4, 0.5) is 4.79 Å². The highest BCUT2D eigenvalue weighted by Gasteiger charge is 2.28. The van der Waals surface area contributed by atoms with Crippen LogP contribution in [0.15, 0.2) is 30.3 Å². The number of likely N-dealkylation sites (tertiary alicyclic amines) is 1. The zero-order valence-corrected chi connectivity index (χ0v) is 10.6. The lowest BCUT2D eigenvalue weighted by atomic mass is 10.0. The van der Waals surface area contributed by atoms with Gasteiger partial charge in [-0.05, 0) is 25.3 Å². The summed E-state index contributed by atoms with van der Waals surface area (Å²) in [4.78, 5) is 13.5. The van der Waals surface area contributed by atoms with Gasteiger partial charge in [-0.1, -0.05) is 30.3 Å². The topological polar surface area (TPSA) is 49.8 Å². The van der Waals surface area contributed by atoms with Gasteiger partial charge in [0.15, 0.2) is 0 Å². The van der Waals surface area contributed by atoms with Crippen LogP contribution in [0.1, 0.15) is 25.3 Å². The van der Waals surface area contributed by atoms with Gasteiger partial charge >= 0.3 is 6.09 Å². The van der Waals surface area contributed by atoms with Crippen molar-refractivity contribution in [3.05, 3.63) is 35.9 Å². The first-order valence-electron chi connectivity index (χ1n) is 6.32. The van der Waals surface area contributed by atoms with Gasteiger partial charge < -0.3 is 14.7 Å². The van der Waals surface area contributed by atoms with Gasteiger partial charge in [0.1, 0.15) is 6.61 Å². The lowest BCUT2D eigenvalue weighted by molar-refractivity contribution is 0.0249. The quantitative estimate of drug-likeness (QED) is 0.874. The number of piperidine rings is 1. The molecule has 1 unspecified atom stereocenters. The molecule has 1 aliphatic rings. The van der Waals surface area contributed by atoms with E-state index < -0.39 is 6.10 Å². The maximum absolute atomic E-state index is 11.9. The molecule has 1 fully saturated rings. The SMILES string of the molecule is C[C@@H]1CCC(O)CN1C(=O)OCc1ccccc1. The molecule has 2 rings (SSSR count). The minimum Gasteiger partial charge on any atom is -0.445 e. The highest BCUT2D eigenvalue weighted by Crippen LogP contribution is 2.18. The van der Waals surface area contributed by atoms with Gasteiger partial charge in [0.25, 0.3) is 0 Å². The maximum Gasteiger partial charge on any atom is 0.410 e. The van der Waals surface area contributed by atoms with E-state index in [0.717, 1.165) is 18.4 Å². The number of carbonyl (C=O) groups excluding carboxylic acids is 1. The third-order valence-corrected chi connectivity index (χ3v) is 3.30. The first kappa shape index (κ1) is 12.9. The van der Waals surface area contributed by atoms with Crippen molar-refractivity contribution in [2.45, 2.75) is 38.5 Å². The van der Waals surface area contributed by atoms with Crippen molar-refractivity contribution in [1.82, 2.24) is 4.90 Å².